The SMILES string of the molecule is CCOC(=O)C1=C(COC(=O)c2[nH]c(C)c(C(C)=O)c2C)NC(=O)NC1. The quantitative estimate of drug-likeness (QED) is 0.513. The lowest BCUT2D eigenvalue weighted by atomic mass is 10.1. The van der Waals surface area contributed by atoms with E-state index in [0.717, 1.165) is 0 Å². The summed E-state index contributed by atoms with van der Waals surface area (Å²) >= 11 is 0. The van der Waals surface area contributed by atoms with E-state index < -0.39 is 18.0 Å². The number of ketones is 1. The standard InChI is InChI=1S/C17H21N3O6/c1-5-25-15(22)11-6-18-17(24)20-12(11)7-26-16(23)14-8(2)13(10(4)21)9(3)19-14/h19H,5-7H2,1-4H3,(H2,18,20,24). The summed E-state index contributed by atoms with van der Waals surface area (Å²) < 4.78 is 10.1. The van der Waals surface area contributed by atoms with Crippen molar-refractivity contribution in [1.29, 1.82) is 0 Å². The van der Waals surface area contributed by atoms with Crippen molar-refractivity contribution >= 4 is 23.8 Å². The van der Waals surface area contributed by atoms with Gasteiger partial charge in [-0.15, -0.1) is 0 Å². The first-order valence-corrected chi connectivity index (χ1v) is 8.07. The summed E-state index contributed by atoms with van der Waals surface area (Å²) in [6.45, 7) is 6.26. The fourth-order valence-electron chi connectivity index (χ4n) is 2.76. The van der Waals surface area contributed by atoms with Gasteiger partial charge in [0, 0.05) is 11.3 Å². The van der Waals surface area contributed by atoms with Crippen molar-refractivity contribution in [2.24, 2.45) is 0 Å². The number of esters is 2. The number of carbonyl (C=O) groups excluding carboxylic acids is 4. The number of rotatable bonds is 6. The predicted octanol–water partition coefficient (Wildman–Crippen LogP) is 1.12. The second-order valence-electron chi connectivity index (χ2n) is 5.74. The molecule has 0 saturated carbocycles. The highest BCUT2D eigenvalue weighted by Gasteiger charge is 2.26. The molecule has 1 aromatic heterocycles. The van der Waals surface area contributed by atoms with Crippen molar-refractivity contribution in [3.63, 3.8) is 0 Å². The van der Waals surface area contributed by atoms with E-state index in [9.17, 15) is 19.2 Å². The van der Waals surface area contributed by atoms with Crippen molar-refractivity contribution in [3.8, 4) is 0 Å². The molecule has 0 saturated heterocycles. The number of carbonyl (C=O) groups is 4. The van der Waals surface area contributed by atoms with Crippen LogP contribution in [0.5, 0.6) is 0 Å². The fraction of sp³-hybridized carbons (Fsp3) is 0.412. The second-order valence-corrected chi connectivity index (χ2v) is 5.74. The van der Waals surface area contributed by atoms with Gasteiger partial charge in [-0.1, -0.05) is 0 Å². The zero-order chi connectivity index (χ0) is 19.4. The summed E-state index contributed by atoms with van der Waals surface area (Å²) in [4.78, 5) is 50.3. The minimum Gasteiger partial charge on any atom is -0.463 e. The maximum absolute atomic E-state index is 12.3. The van der Waals surface area contributed by atoms with Crippen LogP contribution in [0, 0.1) is 13.8 Å². The molecule has 140 valence electrons. The van der Waals surface area contributed by atoms with Gasteiger partial charge in [0.2, 0.25) is 0 Å². The third kappa shape index (κ3) is 3.93. The van der Waals surface area contributed by atoms with Crippen LogP contribution in [-0.4, -0.2) is 48.5 Å². The highest BCUT2D eigenvalue weighted by molar-refractivity contribution is 6.01. The van der Waals surface area contributed by atoms with E-state index in [-0.39, 0.29) is 42.5 Å². The minimum atomic E-state index is -0.693. The van der Waals surface area contributed by atoms with Gasteiger partial charge in [-0.05, 0) is 33.3 Å². The van der Waals surface area contributed by atoms with Gasteiger partial charge in [0.05, 0.1) is 24.4 Å². The van der Waals surface area contributed by atoms with E-state index in [2.05, 4.69) is 15.6 Å². The van der Waals surface area contributed by atoms with Crippen LogP contribution in [0.25, 0.3) is 0 Å². The Morgan fingerprint density at radius 2 is 1.81 bits per heavy atom. The number of aromatic amines is 1. The monoisotopic (exact) mass is 363 g/mol. The molecule has 2 rings (SSSR count). The zero-order valence-corrected chi connectivity index (χ0v) is 15.1. The molecule has 26 heavy (non-hydrogen) atoms. The number of urea groups is 1. The second kappa shape index (κ2) is 7.85. The summed E-state index contributed by atoms with van der Waals surface area (Å²) in [7, 11) is 0. The number of aryl methyl sites for hydroxylation is 1. The van der Waals surface area contributed by atoms with Crippen molar-refractivity contribution in [2.45, 2.75) is 27.7 Å². The van der Waals surface area contributed by atoms with Crippen LogP contribution in [0.2, 0.25) is 0 Å². The third-order valence-electron chi connectivity index (χ3n) is 3.92. The Morgan fingerprint density at radius 1 is 1.12 bits per heavy atom. The van der Waals surface area contributed by atoms with Crippen molar-refractivity contribution in [2.75, 3.05) is 19.8 Å². The average Bonchev–Trinajstić information content (AvgIpc) is 2.87. The van der Waals surface area contributed by atoms with E-state index in [1.807, 2.05) is 0 Å². The molecule has 9 heteroatoms. The zero-order valence-electron chi connectivity index (χ0n) is 15.1. The first kappa shape index (κ1) is 19.2. The predicted molar refractivity (Wildman–Crippen MR) is 90.7 cm³/mol. The lowest BCUT2D eigenvalue weighted by Crippen LogP contribution is -2.45. The highest BCUT2D eigenvalue weighted by Crippen LogP contribution is 2.19. The molecular formula is C17H21N3O6. The number of hydrogen-bond acceptors (Lipinski definition) is 6. The van der Waals surface area contributed by atoms with Gasteiger partial charge in [0.1, 0.15) is 12.3 Å². The Morgan fingerprint density at radius 3 is 2.38 bits per heavy atom. The van der Waals surface area contributed by atoms with E-state index in [0.29, 0.717) is 16.8 Å². The molecule has 0 atom stereocenters. The molecule has 1 aromatic rings. The molecule has 1 aliphatic heterocycles. The molecule has 0 bridgehead atoms. The van der Waals surface area contributed by atoms with Crippen molar-refractivity contribution in [3.05, 3.63) is 33.8 Å². The molecule has 3 N–H and O–H groups in total. The molecule has 0 aromatic carbocycles. The van der Waals surface area contributed by atoms with Gasteiger partial charge < -0.3 is 25.1 Å². The molecule has 0 radical (unpaired) electrons. The third-order valence-corrected chi connectivity index (χ3v) is 3.92. The van der Waals surface area contributed by atoms with Gasteiger partial charge in [0.15, 0.2) is 5.78 Å². The molecular weight excluding hydrogens is 342 g/mol. The number of ether oxygens (including phenoxy) is 2. The van der Waals surface area contributed by atoms with Crippen molar-refractivity contribution in [1.82, 2.24) is 15.6 Å². The Balaban J connectivity index is 2.19. The normalized spacial score (nSPS) is 13.8. The molecule has 0 unspecified atom stereocenters. The van der Waals surface area contributed by atoms with Gasteiger partial charge in [-0.2, -0.15) is 0 Å². The minimum absolute atomic E-state index is 0.0212. The summed E-state index contributed by atoms with van der Waals surface area (Å²) in [5.41, 5.74) is 2.01. The number of aromatic nitrogens is 1. The van der Waals surface area contributed by atoms with Gasteiger partial charge >= 0.3 is 18.0 Å². The average molecular weight is 363 g/mol. The topological polar surface area (TPSA) is 127 Å². The van der Waals surface area contributed by atoms with Crippen LogP contribution in [-0.2, 0) is 14.3 Å². The Labute approximate surface area is 150 Å². The van der Waals surface area contributed by atoms with Gasteiger partial charge in [-0.3, -0.25) is 4.79 Å². The first-order valence-electron chi connectivity index (χ1n) is 8.07. The van der Waals surface area contributed by atoms with E-state index >= 15 is 0 Å². The van der Waals surface area contributed by atoms with Crippen LogP contribution < -0.4 is 10.6 Å². The maximum Gasteiger partial charge on any atom is 0.355 e. The number of amides is 2. The molecule has 9 nitrogen and oxygen atoms in total. The van der Waals surface area contributed by atoms with Crippen LogP contribution in [0.15, 0.2) is 11.3 Å². The Hall–Kier alpha value is -3.10. The molecule has 0 aliphatic carbocycles. The highest BCUT2D eigenvalue weighted by atomic mass is 16.5. The largest absolute Gasteiger partial charge is 0.463 e. The summed E-state index contributed by atoms with van der Waals surface area (Å²) in [6.07, 6.45) is 0. The summed E-state index contributed by atoms with van der Waals surface area (Å²) in [6, 6.07) is -0.505. The van der Waals surface area contributed by atoms with Gasteiger partial charge in [-0.25, -0.2) is 14.4 Å². The molecule has 0 fully saturated rings. The van der Waals surface area contributed by atoms with Crippen LogP contribution in [0.4, 0.5) is 4.79 Å². The first-order chi connectivity index (χ1) is 12.3. The van der Waals surface area contributed by atoms with Crippen LogP contribution in [0.3, 0.4) is 0 Å². The lowest BCUT2D eigenvalue weighted by Gasteiger charge is -2.21. The molecule has 1 aliphatic rings. The number of nitrogens with one attached hydrogen (secondary N) is 3. The van der Waals surface area contributed by atoms with Crippen LogP contribution in [0.1, 0.15) is 46.0 Å². The number of H-pyrrole nitrogens is 1. The lowest BCUT2D eigenvalue weighted by molar-refractivity contribution is -0.138. The summed E-state index contributed by atoms with van der Waals surface area (Å²) in [5, 5.41) is 4.91. The number of hydrogen-bond donors (Lipinski definition) is 3. The van der Waals surface area contributed by atoms with E-state index in [1.165, 1.54) is 6.92 Å². The van der Waals surface area contributed by atoms with E-state index in [4.69, 9.17) is 9.47 Å². The van der Waals surface area contributed by atoms with Crippen molar-refractivity contribution < 1.29 is 28.7 Å². The van der Waals surface area contributed by atoms with Crippen LogP contribution >= 0.6 is 0 Å². The maximum atomic E-state index is 12.3. The number of Topliss-reactive ketones (excluding diaryl/α,β-unsaturated/α-hetero) is 1. The van der Waals surface area contributed by atoms with E-state index in [1.54, 1.807) is 20.8 Å². The Kier molecular flexibility index (Phi) is 5.81. The fourth-order valence-corrected chi connectivity index (χ4v) is 2.76. The van der Waals surface area contributed by atoms with Gasteiger partial charge in [0.25, 0.3) is 0 Å². The molecule has 2 heterocycles. The molecule has 2 amide bonds. The smallest absolute Gasteiger partial charge is 0.355 e. The summed E-state index contributed by atoms with van der Waals surface area (Å²) in [5.74, 6) is -1.45. The molecule has 0 spiro atoms. The Bertz CT molecular complexity index is 806.